The highest BCUT2D eigenvalue weighted by Gasteiger charge is 2.34. The minimum atomic E-state index is -0.427. The van der Waals surface area contributed by atoms with Crippen molar-refractivity contribution in [1.82, 2.24) is 9.55 Å². The summed E-state index contributed by atoms with van der Waals surface area (Å²) in [5.74, 6) is 0.609. The fraction of sp³-hybridized carbons (Fsp3) is 0.190. The maximum absolute atomic E-state index is 14.9. The van der Waals surface area contributed by atoms with E-state index in [9.17, 15) is 4.39 Å². The average molecular weight is 431 g/mol. The van der Waals surface area contributed by atoms with Crippen LogP contribution in [0.2, 0.25) is 10.0 Å². The highest BCUT2D eigenvalue weighted by Crippen LogP contribution is 2.49. The van der Waals surface area contributed by atoms with Crippen molar-refractivity contribution < 1.29 is 9.13 Å². The topological polar surface area (TPSA) is 27.1 Å². The Bertz CT molecular complexity index is 1260. The van der Waals surface area contributed by atoms with Gasteiger partial charge in [-0.2, -0.15) is 0 Å². The molecule has 4 aromatic rings. The van der Waals surface area contributed by atoms with Crippen LogP contribution in [-0.4, -0.2) is 9.55 Å². The van der Waals surface area contributed by atoms with E-state index in [4.69, 9.17) is 27.9 Å². The number of thiazole rings is 1. The first kappa shape index (κ1) is 16.8. The normalized spacial score (nSPS) is 18.0. The lowest BCUT2D eigenvalue weighted by atomic mass is 10.1. The van der Waals surface area contributed by atoms with Crippen molar-refractivity contribution >= 4 is 45.4 Å². The molecule has 3 nitrogen and oxygen atoms in total. The van der Waals surface area contributed by atoms with Crippen LogP contribution in [0, 0.1) is 5.82 Å². The van der Waals surface area contributed by atoms with E-state index in [1.165, 1.54) is 18.9 Å². The lowest BCUT2D eigenvalue weighted by Gasteiger charge is -2.29. The molecule has 6 rings (SSSR count). The largest absolute Gasteiger partial charge is 0.464 e. The van der Waals surface area contributed by atoms with Crippen LogP contribution in [0.15, 0.2) is 42.6 Å². The number of fused-ring (bicyclic) bond motifs is 5. The molecule has 1 aliphatic heterocycles. The predicted octanol–water partition coefficient (Wildman–Crippen LogP) is 7.03. The van der Waals surface area contributed by atoms with Crippen LogP contribution >= 0.6 is 34.5 Å². The molecule has 0 N–H and O–H groups in total. The maximum Gasteiger partial charge on any atom is 0.213 e. The SMILES string of the molecule is Fc1cc(Cl)cc2c1-c1cc3cc(Cl)ccc3n1[C@H](c1cnc(C3CC3)s1)O2. The van der Waals surface area contributed by atoms with E-state index in [0.29, 0.717) is 27.3 Å². The smallest absolute Gasteiger partial charge is 0.213 e. The van der Waals surface area contributed by atoms with Crippen LogP contribution in [-0.2, 0) is 0 Å². The van der Waals surface area contributed by atoms with Crippen molar-refractivity contribution in [1.29, 1.82) is 0 Å². The van der Waals surface area contributed by atoms with E-state index in [-0.39, 0.29) is 0 Å². The molecule has 0 saturated heterocycles. The lowest BCUT2D eigenvalue weighted by Crippen LogP contribution is -2.21. The van der Waals surface area contributed by atoms with Crippen LogP contribution in [0.3, 0.4) is 0 Å². The maximum atomic E-state index is 14.9. The molecule has 2 aromatic heterocycles. The molecular weight excluding hydrogens is 418 g/mol. The molecule has 1 atom stereocenters. The molecule has 0 radical (unpaired) electrons. The fourth-order valence-corrected chi connectivity index (χ4v) is 5.32. The van der Waals surface area contributed by atoms with E-state index in [2.05, 4.69) is 4.98 Å². The first-order valence-electron chi connectivity index (χ1n) is 9.00. The first-order valence-corrected chi connectivity index (χ1v) is 10.6. The highest BCUT2D eigenvalue weighted by molar-refractivity contribution is 7.11. The van der Waals surface area contributed by atoms with Crippen molar-refractivity contribution in [3.63, 3.8) is 0 Å². The molecule has 0 bridgehead atoms. The zero-order valence-electron chi connectivity index (χ0n) is 14.5. The second-order valence-electron chi connectivity index (χ2n) is 7.21. The van der Waals surface area contributed by atoms with Gasteiger partial charge in [-0.1, -0.05) is 23.2 Å². The van der Waals surface area contributed by atoms with Gasteiger partial charge >= 0.3 is 0 Å². The minimum Gasteiger partial charge on any atom is -0.464 e. The highest BCUT2D eigenvalue weighted by atomic mass is 35.5. The Labute approximate surface area is 174 Å². The Hall–Kier alpha value is -2.08. The summed E-state index contributed by atoms with van der Waals surface area (Å²) >= 11 is 14.0. The van der Waals surface area contributed by atoms with E-state index in [0.717, 1.165) is 26.5 Å². The van der Waals surface area contributed by atoms with Crippen molar-refractivity contribution in [2.45, 2.75) is 25.0 Å². The number of aromatic nitrogens is 2. The number of benzene rings is 2. The summed E-state index contributed by atoms with van der Waals surface area (Å²) < 4.78 is 23.2. The van der Waals surface area contributed by atoms with Gasteiger partial charge in [0.1, 0.15) is 11.6 Å². The summed E-state index contributed by atoms with van der Waals surface area (Å²) in [6.07, 6.45) is 3.83. The number of hydrogen-bond acceptors (Lipinski definition) is 3. The molecule has 0 amide bonds. The third-order valence-electron chi connectivity index (χ3n) is 5.26. The molecule has 0 unspecified atom stereocenters. The second kappa shape index (κ2) is 5.96. The molecule has 3 heterocycles. The fourth-order valence-electron chi connectivity index (χ4n) is 3.84. The van der Waals surface area contributed by atoms with Gasteiger partial charge in [0.15, 0.2) is 0 Å². The van der Waals surface area contributed by atoms with Gasteiger partial charge in [0.05, 0.1) is 26.7 Å². The molecule has 1 aliphatic carbocycles. The van der Waals surface area contributed by atoms with Gasteiger partial charge in [-0.15, -0.1) is 11.3 Å². The molecule has 1 fully saturated rings. The van der Waals surface area contributed by atoms with Crippen LogP contribution in [0.5, 0.6) is 5.75 Å². The Balaban J connectivity index is 1.62. The van der Waals surface area contributed by atoms with Crippen molar-refractivity contribution in [3.05, 3.63) is 68.3 Å². The predicted molar refractivity (Wildman–Crippen MR) is 110 cm³/mol. The van der Waals surface area contributed by atoms with Crippen molar-refractivity contribution in [3.8, 4) is 17.0 Å². The minimum absolute atomic E-state index is 0.311. The summed E-state index contributed by atoms with van der Waals surface area (Å²) in [7, 11) is 0. The molecule has 7 heteroatoms. The summed E-state index contributed by atoms with van der Waals surface area (Å²) in [4.78, 5) is 5.59. The lowest BCUT2D eigenvalue weighted by molar-refractivity contribution is 0.176. The average Bonchev–Trinajstić information content (AvgIpc) is 3.26. The zero-order valence-corrected chi connectivity index (χ0v) is 16.8. The van der Waals surface area contributed by atoms with E-state index in [1.807, 2.05) is 35.0 Å². The quantitative estimate of drug-likeness (QED) is 0.341. The molecule has 140 valence electrons. The van der Waals surface area contributed by atoms with Crippen LogP contribution in [0.25, 0.3) is 22.2 Å². The Morgan fingerprint density at radius 3 is 2.79 bits per heavy atom. The first-order chi connectivity index (χ1) is 13.6. The molecule has 2 aliphatic rings. The molecule has 1 saturated carbocycles. The van der Waals surface area contributed by atoms with Gasteiger partial charge in [-0.3, -0.25) is 4.57 Å². The zero-order chi connectivity index (χ0) is 19.0. The molecular formula is C21H13Cl2FN2OS. The van der Waals surface area contributed by atoms with Crippen LogP contribution in [0.4, 0.5) is 4.39 Å². The van der Waals surface area contributed by atoms with Gasteiger partial charge in [0, 0.05) is 27.5 Å². The molecule has 28 heavy (non-hydrogen) atoms. The van der Waals surface area contributed by atoms with Gasteiger partial charge in [-0.05, 0) is 49.2 Å². The van der Waals surface area contributed by atoms with Gasteiger partial charge in [-0.25, -0.2) is 9.37 Å². The Morgan fingerprint density at radius 2 is 1.96 bits per heavy atom. The molecule has 0 spiro atoms. The Morgan fingerprint density at radius 1 is 1.11 bits per heavy atom. The number of hydrogen-bond donors (Lipinski definition) is 0. The standard InChI is InChI=1S/C21H13Cl2FN2OS/c22-12-3-4-15-11(5-12)6-16-19-14(24)7-13(23)8-17(19)27-21(26(15)16)18-9-25-20(28-18)10-1-2-10/h3-10,21H,1-2H2/t21-/m0/s1. The Kier molecular flexibility index (Phi) is 3.58. The molecule has 2 aromatic carbocycles. The third kappa shape index (κ3) is 2.50. The van der Waals surface area contributed by atoms with Crippen molar-refractivity contribution in [2.75, 3.05) is 0 Å². The number of nitrogens with zero attached hydrogens (tertiary/aromatic N) is 2. The van der Waals surface area contributed by atoms with E-state index in [1.54, 1.807) is 17.4 Å². The van der Waals surface area contributed by atoms with E-state index < -0.39 is 12.0 Å². The number of ether oxygens (including phenoxy) is 1. The number of halogens is 3. The monoisotopic (exact) mass is 430 g/mol. The second-order valence-corrected chi connectivity index (χ2v) is 9.18. The van der Waals surface area contributed by atoms with Crippen LogP contribution < -0.4 is 4.74 Å². The summed E-state index contributed by atoms with van der Waals surface area (Å²) in [5, 5.41) is 3.03. The van der Waals surface area contributed by atoms with Gasteiger partial charge < -0.3 is 4.74 Å². The van der Waals surface area contributed by atoms with E-state index >= 15 is 0 Å². The van der Waals surface area contributed by atoms with Crippen LogP contribution in [0.1, 0.15) is 34.9 Å². The summed E-state index contributed by atoms with van der Waals surface area (Å²) in [6, 6.07) is 10.6. The number of rotatable bonds is 2. The summed E-state index contributed by atoms with van der Waals surface area (Å²) in [5.41, 5.74) is 2.10. The summed E-state index contributed by atoms with van der Waals surface area (Å²) in [6.45, 7) is 0. The van der Waals surface area contributed by atoms with Crippen molar-refractivity contribution in [2.24, 2.45) is 0 Å². The van der Waals surface area contributed by atoms with Gasteiger partial charge in [0.25, 0.3) is 0 Å². The third-order valence-corrected chi connectivity index (χ3v) is 6.90. The van der Waals surface area contributed by atoms with Gasteiger partial charge in [0.2, 0.25) is 6.23 Å².